The van der Waals surface area contributed by atoms with Crippen LogP contribution < -0.4 is 15.4 Å². The Kier molecular flexibility index (Phi) is 6.60. The van der Waals surface area contributed by atoms with Crippen LogP contribution in [0.15, 0.2) is 47.4 Å². The van der Waals surface area contributed by atoms with Gasteiger partial charge in [0.15, 0.2) is 0 Å². The number of carbonyl (C=O) groups excluding carboxylic acids is 3. The highest BCUT2D eigenvalue weighted by Crippen LogP contribution is 2.31. The van der Waals surface area contributed by atoms with Crippen LogP contribution in [0.2, 0.25) is 0 Å². The van der Waals surface area contributed by atoms with Crippen molar-refractivity contribution in [3.63, 3.8) is 0 Å². The van der Waals surface area contributed by atoms with E-state index in [9.17, 15) is 19.2 Å². The summed E-state index contributed by atoms with van der Waals surface area (Å²) in [6, 6.07) is 8.90. The molecule has 2 aromatic rings. The maximum absolute atomic E-state index is 13.3. The number of carboxylic acids is 1. The first kappa shape index (κ1) is 23.4. The minimum absolute atomic E-state index is 0.169. The number of hydrogen-bond donors (Lipinski definition) is 3. The SMILES string of the molecule is COc1cc(SC)ccc1C(=O)NC1CC2C(=O)Nc3ccc(C=CC(=O)O)cc3C(=O)N2C1. The Morgan fingerprint density at radius 3 is 2.74 bits per heavy atom. The van der Waals surface area contributed by atoms with Crippen LogP contribution >= 0.6 is 11.8 Å². The number of aliphatic carboxylic acids is 1. The Morgan fingerprint density at radius 2 is 2.03 bits per heavy atom. The molecule has 2 atom stereocenters. The molecule has 0 spiro atoms. The molecule has 176 valence electrons. The number of amides is 3. The lowest BCUT2D eigenvalue weighted by Gasteiger charge is -2.20. The van der Waals surface area contributed by atoms with Crippen LogP contribution in [-0.2, 0) is 9.59 Å². The van der Waals surface area contributed by atoms with Gasteiger partial charge in [-0.05, 0) is 54.6 Å². The van der Waals surface area contributed by atoms with Gasteiger partial charge in [0.1, 0.15) is 11.8 Å². The fourth-order valence-corrected chi connectivity index (χ4v) is 4.58. The van der Waals surface area contributed by atoms with Crippen molar-refractivity contribution in [1.29, 1.82) is 0 Å². The van der Waals surface area contributed by atoms with Gasteiger partial charge in [0.2, 0.25) is 5.91 Å². The third kappa shape index (κ3) is 4.62. The quantitative estimate of drug-likeness (QED) is 0.428. The molecule has 2 unspecified atom stereocenters. The van der Waals surface area contributed by atoms with Crippen LogP contribution in [-0.4, -0.2) is 65.7 Å². The lowest BCUT2D eigenvalue weighted by molar-refractivity contribution is -0.131. The summed E-state index contributed by atoms with van der Waals surface area (Å²) < 4.78 is 5.36. The largest absolute Gasteiger partial charge is 0.496 e. The molecule has 0 bridgehead atoms. The smallest absolute Gasteiger partial charge is 0.328 e. The second-order valence-electron chi connectivity index (χ2n) is 7.91. The second-order valence-corrected chi connectivity index (χ2v) is 8.79. The van der Waals surface area contributed by atoms with E-state index in [0.717, 1.165) is 11.0 Å². The first-order chi connectivity index (χ1) is 16.3. The molecule has 0 saturated carbocycles. The van der Waals surface area contributed by atoms with Crippen molar-refractivity contribution in [2.45, 2.75) is 23.4 Å². The summed E-state index contributed by atoms with van der Waals surface area (Å²) in [5.41, 5.74) is 1.53. The Morgan fingerprint density at radius 1 is 1.24 bits per heavy atom. The van der Waals surface area contributed by atoms with Crippen LogP contribution in [0.4, 0.5) is 5.69 Å². The number of fused-ring (bicyclic) bond motifs is 2. The number of rotatable bonds is 6. The maximum atomic E-state index is 13.3. The molecule has 2 aromatic carbocycles. The van der Waals surface area contributed by atoms with Gasteiger partial charge >= 0.3 is 5.97 Å². The average Bonchev–Trinajstić information content (AvgIpc) is 3.22. The number of anilines is 1. The second kappa shape index (κ2) is 9.60. The molecule has 3 N–H and O–H groups in total. The van der Waals surface area contributed by atoms with Gasteiger partial charge in [-0.3, -0.25) is 14.4 Å². The lowest BCUT2D eigenvalue weighted by Crippen LogP contribution is -2.41. The zero-order chi connectivity index (χ0) is 24.4. The fourth-order valence-electron chi connectivity index (χ4n) is 4.15. The van der Waals surface area contributed by atoms with Gasteiger partial charge in [-0.2, -0.15) is 0 Å². The molecule has 0 aliphatic carbocycles. The van der Waals surface area contributed by atoms with Crippen molar-refractivity contribution in [3.05, 3.63) is 59.2 Å². The zero-order valence-corrected chi connectivity index (χ0v) is 19.3. The van der Waals surface area contributed by atoms with E-state index >= 15 is 0 Å². The Balaban J connectivity index is 1.54. The first-order valence-electron chi connectivity index (χ1n) is 10.5. The van der Waals surface area contributed by atoms with Gasteiger partial charge < -0.3 is 25.4 Å². The topological polar surface area (TPSA) is 125 Å². The summed E-state index contributed by atoms with van der Waals surface area (Å²) in [6.45, 7) is 0.169. The normalized spacial score (nSPS) is 19.3. The van der Waals surface area contributed by atoms with E-state index in [4.69, 9.17) is 9.84 Å². The molecule has 1 saturated heterocycles. The molecule has 2 heterocycles. The van der Waals surface area contributed by atoms with Crippen LogP contribution in [0, 0.1) is 0 Å². The third-order valence-corrected chi connectivity index (χ3v) is 6.53. The van der Waals surface area contributed by atoms with Crippen molar-refractivity contribution in [2.24, 2.45) is 0 Å². The molecule has 2 aliphatic heterocycles. The van der Waals surface area contributed by atoms with Crippen molar-refractivity contribution in [3.8, 4) is 5.75 Å². The van der Waals surface area contributed by atoms with Gasteiger partial charge in [0.25, 0.3) is 11.8 Å². The average molecular weight is 482 g/mol. The predicted molar refractivity (Wildman–Crippen MR) is 127 cm³/mol. The molecule has 34 heavy (non-hydrogen) atoms. The molecule has 0 aromatic heterocycles. The molecular formula is C24H23N3O6S. The highest BCUT2D eigenvalue weighted by atomic mass is 32.2. The lowest BCUT2D eigenvalue weighted by atomic mass is 10.1. The van der Waals surface area contributed by atoms with Gasteiger partial charge in [0, 0.05) is 23.6 Å². The molecule has 4 rings (SSSR count). The third-order valence-electron chi connectivity index (χ3n) is 5.80. The first-order valence-corrected chi connectivity index (χ1v) is 11.7. The van der Waals surface area contributed by atoms with E-state index in [1.165, 1.54) is 29.8 Å². The highest BCUT2D eigenvalue weighted by Gasteiger charge is 2.43. The highest BCUT2D eigenvalue weighted by molar-refractivity contribution is 7.98. The molecule has 2 aliphatic rings. The monoisotopic (exact) mass is 481 g/mol. The Hall–Kier alpha value is -3.79. The summed E-state index contributed by atoms with van der Waals surface area (Å²) in [5, 5.41) is 14.5. The summed E-state index contributed by atoms with van der Waals surface area (Å²) in [7, 11) is 1.50. The molecule has 0 radical (unpaired) electrons. The molecule has 9 nitrogen and oxygen atoms in total. The minimum atomic E-state index is -1.10. The summed E-state index contributed by atoms with van der Waals surface area (Å²) >= 11 is 1.53. The van der Waals surface area contributed by atoms with E-state index in [1.807, 2.05) is 12.3 Å². The van der Waals surface area contributed by atoms with Crippen molar-refractivity contribution in [1.82, 2.24) is 10.2 Å². The number of nitrogens with zero attached hydrogens (tertiary/aromatic N) is 1. The Labute approximate surface area is 200 Å². The molecule has 1 fully saturated rings. The maximum Gasteiger partial charge on any atom is 0.328 e. The molecule has 10 heteroatoms. The zero-order valence-electron chi connectivity index (χ0n) is 18.5. The van der Waals surface area contributed by atoms with E-state index in [0.29, 0.717) is 22.6 Å². The van der Waals surface area contributed by atoms with E-state index in [1.54, 1.807) is 30.3 Å². The summed E-state index contributed by atoms with van der Waals surface area (Å²) in [5.74, 6) is -1.70. The van der Waals surface area contributed by atoms with Crippen LogP contribution in [0.3, 0.4) is 0 Å². The number of benzene rings is 2. The number of methoxy groups -OCH3 is 1. The van der Waals surface area contributed by atoms with Crippen molar-refractivity contribution in [2.75, 3.05) is 25.2 Å². The van der Waals surface area contributed by atoms with Crippen LogP contribution in [0.25, 0.3) is 6.08 Å². The predicted octanol–water partition coefficient (Wildman–Crippen LogP) is 2.48. The standard InChI is InChI=1S/C24H23N3O6S/c1-33-20-11-15(34-2)5-6-16(20)22(30)25-14-10-19-23(31)26-18-7-3-13(4-8-21(28)29)9-17(18)24(32)27(19)12-14/h3-9,11,14,19H,10,12H2,1-2H3,(H,25,30)(H,26,31)(H,28,29). The number of carboxylic acid groups (broad SMARTS) is 1. The minimum Gasteiger partial charge on any atom is -0.496 e. The number of hydrogen-bond acceptors (Lipinski definition) is 6. The fraction of sp³-hybridized carbons (Fsp3) is 0.250. The molecule has 3 amide bonds. The number of nitrogens with one attached hydrogen (secondary N) is 2. The van der Waals surface area contributed by atoms with Crippen LogP contribution in [0.1, 0.15) is 32.7 Å². The van der Waals surface area contributed by atoms with Gasteiger partial charge in [-0.1, -0.05) is 6.07 Å². The van der Waals surface area contributed by atoms with Gasteiger partial charge in [0.05, 0.1) is 23.9 Å². The number of thioether (sulfide) groups is 1. The van der Waals surface area contributed by atoms with Crippen molar-refractivity contribution >= 4 is 47.2 Å². The van der Waals surface area contributed by atoms with Crippen LogP contribution in [0.5, 0.6) is 5.75 Å². The number of ether oxygens (including phenoxy) is 1. The summed E-state index contributed by atoms with van der Waals surface area (Å²) in [4.78, 5) is 52.3. The van der Waals surface area contributed by atoms with E-state index in [2.05, 4.69) is 10.6 Å². The van der Waals surface area contributed by atoms with Crippen molar-refractivity contribution < 1.29 is 29.0 Å². The van der Waals surface area contributed by atoms with Gasteiger partial charge in [-0.25, -0.2) is 4.79 Å². The molecular weight excluding hydrogens is 458 g/mol. The number of carbonyl (C=O) groups is 4. The Bertz CT molecular complexity index is 1210. The van der Waals surface area contributed by atoms with E-state index in [-0.39, 0.29) is 36.3 Å². The summed E-state index contributed by atoms with van der Waals surface area (Å²) in [6.07, 6.45) is 4.56. The van der Waals surface area contributed by atoms with E-state index < -0.39 is 18.1 Å². The van der Waals surface area contributed by atoms with Gasteiger partial charge in [-0.15, -0.1) is 11.8 Å².